The van der Waals surface area contributed by atoms with Gasteiger partial charge >= 0.3 is 12.1 Å². The molecule has 0 atom stereocenters. The van der Waals surface area contributed by atoms with Crippen LogP contribution in [0.4, 0.5) is 17.6 Å². The fraction of sp³-hybridized carbons (Fsp3) is 0.222. The number of benzene rings is 2. The standard InChI is InChI=1S/C18H12ClF4NO4S/c1-2-26-15(25)8-27-17-11-7-10(3-4-14(11)29-24-17)28-16-12(19)5-9(6-13(16)20)18(21,22)23/h3-7H,2,8H2,1H3. The van der Waals surface area contributed by atoms with E-state index in [9.17, 15) is 22.4 Å². The maximum atomic E-state index is 14.1. The van der Waals surface area contributed by atoms with Crippen LogP contribution in [0.5, 0.6) is 17.4 Å². The molecule has 1 heterocycles. The Hall–Kier alpha value is -2.59. The smallest absolute Gasteiger partial charge is 0.416 e. The molecule has 0 fully saturated rings. The third-order valence-corrected chi connectivity index (χ3v) is 4.68. The molecule has 0 bridgehead atoms. The summed E-state index contributed by atoms with van der Waals surface area (Å²) in [7, 11) is 0. The monoisotopic (exact) mass is 449 g/mol. The predicted molar refractivity (Wildman–Crippen MR) is 98.2 cm³/mol. The summed E-state index contributed by atoms with van der Waals surface area (Å²) < 4.78 is 72.6. The number of alkyl halides is 3. The Morgan fingerprint density at radius 2 is 2.00 bits per heavy atom. The fourth-order valence-corrected chi connectivity index (χ4v) is 3.28. The van der Waals surface area contributed by atoms with Crippen LogP contribution >= 0.6 is 23.1 Å². The molecule has 0 aliphatic carbocycles. The summed E-state index contributed by atoms with van der Waals surface area (Å²) in [5.74, 6) is -2.13. The van der Waals surface area contributed by atoms with Crippen LogP contribution in [0.1, 0.15) is 12.5 Å². The van der Waals surface area contributed by atoms with Crippen LogP contribution in [0, 0.1) is 5.82 Å². The molecule has 3 aromatic rings. The number of hydrogen-bond acceptors (Lipinski definition) is 6. The highest BCUT2D eigenvalue weighted by molar-refractivity contribution is 7.13. The van der Waals surface area contributed by atoms with E-state index in [1.165, 1.54) is 12.1 Å². The van der Waals surface area contributed by atoms with E-state index < -0.39 is 34.3 Å². The molecule has 0 unspecified atom stereocenters. The van der Waals surface area contributed by atoms with Gasteiger partial charge in [0.15, 0.2) is 18.2 Å². The Bertz CT molecular complexity index is 1030. The van der Waals surface area contributed by atoms with Crippen LogP contribution in [0.2, 0.25) is 5.02 Å². The summed E-state index contributed by atoms with van der Waals surface area (Å²) in [5.41, 5.74) is -1.22. The van der Waals surface area contributed by atoms with Crippen molar-refractivity contribution in [3.05, 3.63) is 46.7 Å². The molecule has 2 aromatic carbocycles. The second-order valence-electron chi connectivity index (χ2n) is 5.61. The summed E-state index contributed by atoms with van der Waals surface area (Å²) in [5, 5.41) is -0.0557. The summed E-state index contributed by atoms with van der Waals surface area (Å²) in [6.45, 7) is 1.51. The Labute approximate surface area is 170 Å². The van der Waals surface area contributed by atoms with Gasteiger partial charge in [-0.15, -0.1) is 0 Å². The molecular weight excluding hydrogens is 438 g/mol. The first-order chi connectivity index (χ1) is 13.7. The second kappa shape index (κ2) is 8.42. The lowest BCUT2D eigenvalue weighted by molar-refractivity contribution is -0.145. The van der Waals surface area contributed by atoms with Crippen molar-refractivity contribution in [1.29, 1.82) is 0 Å². The summed E-state index contributed by atoms with van der Waals surface area (Å²) in [6.07, 6.45) is -4.74. The van der Waals surface area contributed by atoms with E-state index in [4.69, 9.17) is 25.8 Å². The topological polar surface area (TPSA) is 57.7 Å². The number of ether oxygens (including phenoxy) is 3. The first-order valence-electron chi connectivity index (χ1n) is 8.11. The summed E-state index contributed by atoms with van der Waals surface area (Å²) in [4.78, 5) is 11.4. The van der Waals surface area contributed by atoms with E-state index >= 15 is 0 Å². The van der Waals surface area contributed by atoms with E-state index in [0.717, 1.165) is 11.5 Å². The van der Waals surface area contributed by atoms with Gasteiger partial charge in [0.2, 0.25) is 5.88 Å². The quantitative estimate of drug-likeness (QED) is 0.349. The summed E-state index contributed by atoms with van der Waals surface area (Å²) in [6, 6.07) is 5.42. The van der Waals surface area contributed by atoms with Gasteiger partial charge in [-0.2, -0.15) is 17.5 Å². The minimum Gasteiger partial charge on any atom is -0.465 e. The largest absolute Gasteiger partial charge is 0.465 e. The molecular formula is C18H12ClF4NO4S. The van der Waals surface area contributed by atoms with Crippen molar-refractivity contribution in [2.45, 2.75) is 13.1 Å². The van der Waals surface area contributed by atoms with Gasteiger partial charge in [-0.1, -0.05) is 11.6 Å². The molecule has 0 amide bonds. The lowest BCUT2D eigenvalue weighted by Crippen LogP contribution is -2.14. The number of fused-ring (bicyclic) bond motifs is 1. The maximum absolute atomic E-state index is 14.1. The van der Waals surface area contributed by atoms with Crippen molar-refractivity contribution >= 4 is 39.2 Å². The molecule has 1 aromatic heterocycles. The molecule has 154 valence electrons. The number of rotatable bonds is 6. The van der Waals surface area contributed by atoms with E-state index in [1.54, 1.807) is 13.0 Å². The van der Waals surface area contributed by atoms with E-state index in [0.29, 0.717) is 22.2 Å². The van der Waals surface area contributed by atoms with Crippen molar-refractivity contribution in [2.24, 2.45) is 0 Å². The van der Waals surface area contributed by atoms with Crippen LogP contribution in [0.3, 0.4) is 0 Å². The molecule has 5 nitrogen and oxygen atoms in total. The number of halogens is 5. The number of esters is 1. The van der Waals surface area contributed by atoms with E-state index in [2.05, 4.69) is 4.37 Å². The average Bonchev–Trinajstić information content (AvgIpc) is 3.04. The molecule has 0 N–H and O–H groups in total. The van der Waals surface area contributed by atoms with Crippen molar-refractivity contribution in [3.8, 4) is 17.4 Å². The van der Waals surface area contributed by atoms with Gasteiger partial charge in [0.05, 0.1) is 27.3 Å². The maximum Gasteiger partial charge on any atom is 0.416 e. The van der Waals surface area contributed by atoms with Crippen LogP contribution < -0.4 is 9.47 Å². The molecule has 0 spiro atoms. The van der Waals surface area contributed by atoms with Crippen molar-refractivity contribution in [1.82, 2.24) is 4.37 Å². The highest BCUT2D eigenvalue weighted by Gasteiger charge is 2.32. The van der Waals surface area contributed by atoms with Crippen LogP contribution in [0.15, 0.2) is 30.3 Å². The molecule has 0 aliphatic rings. The van der Waals surface area contributed by atoms with Gasteiger partial charge in [-0.25, -0.2) is 9.18 Å². The number of hydrogen-bond donors (Lipinski definition) is 0. The first-order valence-corrected chi connectivity index (χ1v) is 9.26. The number of carbonyl (C=O) groups excluding carboxylic acids is 1. The molecule has 29 heavy (non-hydrogen) atoms. The van der Waals surface area contributed by atoms with E-state index in [-0.39, 0.29) is 24.8 Å². The first kappa shape index (κ1) is 21.1. The number of aromatic nitrogens is 1. The molecule has 0 aliphatic heterocycles. The van der Waals surface area contributed by atoms with Gasteiger partial charge in [0.1, 0.15) is 5.75 Å². The molecule has 3 rings (SSSR count). The Kier molecular flexibility index (Phi) is 6.13. The van der Waals surface area contributed by atoms with Crippen molar-refractivity contribution < 1.29 is 36.6 Å². The molecule has 11 heteroatoms. The van der Waals surface area contributed by atoms with E-state index in [1.807, 2.05) is 0 Å². The molecule has 0 saturated heterocycles. The lowest BCUT2D eigenvalue weighted by Gasteiger charge is -2.12. The Balaban J connectivity index is 1.86. The molecule has 0 saturated carbocycles. The van der Waals surface area contributed by atoms with Gasteiger partial charge < -0.3 is 14.2 Å². The lowest BCUT2D eigenvalue weighted by atomic mass is 10.2. The third kappa shape index (κ3) is 4.88. The van der Waals surface area contributed by atoms with Crippen molar-refractivity contribution in [2.75, 3.05) is 13.2 Å². The zero-order valence-corrected chi connectivity index (χ0v) is 16.3. The molecule has 0 radical (unpaired) electrons. The highest BCUT2D eigenvalue weighted by Crippen LogP contribution is 2.40. The second-order valence-corrected chi connectivity index (χ2v) is 6.82. The number of nitrogens with zero attached hydrogens (tertiary/aromatic N) is 1. The van der Waals surface area contributed by atoms with Gasteiger partial charge in [-0.05, 0) is 48.8 Å². The predicted octanol–water partition coefficient (Wildman–Crippen LogP) is 5.84. The number of carbonyl (C=O) groups is 1. The zero-order chi connectivity index (χ0) is 21.2. The van der Waals surface area contributed by atoms with Gasteiger partial charge in [0.25, 0.3) is 0 Å². The van der Waals surface area contributed by atoms with Gasteiger partial charge in [0, 0.05) is 0 Å². The van der Waals surface area contributed by atoms with Crippen LogP contribution in [0.25, 0.3) is 10.1 Å². The SMILES string of the molecule is CCOC(=O)COc1nsc2ccc(Oc3c(F)cc(C(F)(F)F)cc3Cl)cc12. The minimum atomic E-state index is -4.74. The fourth-order valence-electron chi connectivity index (χ4n) is 2.33. The van der Waals surface area contributed by atoms with Gasteiger partial charge in [-0.3, -0.25) is 0 Å². The van der Waals surface area contributed by atoms with Crippen LogP contribution in [-0.4, -0.2) is 23.6 Å². The normalized spacial score (nSPS) is 11.5. The Morgan fingerprint density at radius 1 is 1.24 bits per heavy atom. The zero-order valence-electron chi connectivity index (χ0n) is 14.7. The van der Waals surface area contributed by atoms with Crippen LogP contribution in [-0.2, 0) is 15.7 Å². The average molecular weight is 450 g/mol. The summed E-state index contributed by atoms with van der Waals surface area (Å²) >= 11 is 6.88. The third-order valence-electron chi connectivity index (χ3n) is 3.59. The Morgan fingerprint density at radius 3 is 2.66 bits per heavy atom. The minimum absolute atomic E-state index is 0.0965. The van der Waals surface area contributed by atoms with Crippen molar-refractivity contribution in [3.63, 3.8) is 0 Å². The highest BCUT2D eigenvalue weighted by atomic mass is 35.5.